The van der Waals surface area contributed by atoms with Crippen molar-refractivity contribution in [3.05, 3.63) is 64.8 Å². The highest BCUT2D eigenvalue weighted by atomic mass is 32.2. The molecule has 0 saturated heterocycles. The second-order valence-electron chi connectivity index (χ2n) is 7.34. The standard InChI is InChI=1S/C20H19FN2O3S/c1-20(9-10-20)22-27(25,26)15-7-8-16-17(11-15)19(24)23(2)12-18(16)13-3-5-14(21)6-4-13/h3-8,11-12,22H,9-10H2,1-2H3. The largest absolute Gasteiger partial charge is 0.317 e. The molecule has 1 aliphatic carbocycles. The van der Waals surface area contributed by atoms with E-state index in [-0.39, 0.29) is 16.3 Å². The minimum absolute atomic E-state index is 0.0662. The molecular formula is C20H19FN2O3S. The summed E-state index contributed by atoms with van der Waals surface area (Å²) in [7, 11) is -2.10. The van der Waals surface area contributed by atoms with Gasteiger partial charge in [-0.05, 0) is 55.0 Å². The van der Waals surface area contributed by atoms with Crippen molar-refractivity contribution in [1.29, 1.82) is 0 Å². The van der Waals surface area contributed by atoms with Crippen LogP contribution in [-0.2, 0) is 17.1 Å². The molecule has 0 unspecified atom stereocenters. The Kier molecular flexibility index (Phi) is 3.98. The van der Waals surface area contributed by atoms with Crippen molar-refractivity contribution in [2.75, 3.05) is 0 Å². The molecular weight excluding hydrogens is 367 g/mol. The van der Waals surface area contributed by atoms with Crippen LogP contribution < -0.4 is 10.3 Å². The van der Waals surface area contributed by atoms with Gasteiger partial charge in [-0.2, -0.15) is 0 Å². The number of pyridine rings is 1. The predicted molar refractivity (Wildman–Crippen MR) is 103 cm³/mol. The summed E-state index contributed by atoms with van der Waals surface area (Å²) in [5, 5.41) is 0.935. The maximum absolute atomic E-state index is 13.3. The Bertz CT molecular complexity index is 1210. The van der Waals surface area contributed by atoms with E-state index in [0.717, 1.165) is 24.0 Å². The fourth-order valence-corrected chi connectivity index (χ4v) is 4.64. The Balaban J connectivity index is 1.90. The molecule has 0 atom stereocenters. The molecule has 1 fully saturated rings. The number of fused-ring (bicyclic) bond motifs is 1. The second-order valence-corrected chi connectivity index (χ2v) is 9.02. The molecule has 0 amide bonds. The zero-order valence-corrected chi connectivity index (χ0v) is 15.8. The first-order chi connectivity index (χ1) is 12.7. The number of sulfonamides is 1. The predicted octanol–water partition coefficient (Wildman–Crippen LogP) is 3.18. The fraction of sp³-hybridized carbons (Fsp3) is 0.250. The van der Waals surface area contributed by atoms with Crippen LogP contribution in [-0.4, -0.2) is 18.5 Å². The summed E-state index contributed by atoms with van der Waals surface area (Å²) in [5.74, 6) is -0.346. The number of nitrogens with zero attached hydrogens (tertiary/aromatic N) is 1. The zero-order valence-electron chi connectivity index (χ0n) is 15.0. The number of nitrogens with one attached hydrogen (secondary N) is 1. The van der Waals surface area contributed by atoms with E-state index in [1.165, 1.54) is 28.8 Å². The van der Waals surface area contributed by atoms with Crippen molar-refractivity contribution in [1.82, 2.24) is 9.29 Å². The summed E-state index contributed by atoms with van der Waals surface area (Å²) in [6.45, 7) is 1.86. The number of benzene rings is 2. The molecule has 0 aliphatic heterocycles. The van der Waals surface area contributed by atoms with Gasteiger partial charge in [-0.25, -0.2) is 17.5 Å². The Morgan fingerprint density at radius 1 is 1.07 bits per heavy atom. The lowest BCUT2D eigenvalue weighted by Crippen LogP contribution is -2.34. The van der Waals surface area contributed by atoms with E-state index < -0.39 is 15.6 Å². The molecule has 0 bridgehead atoms. The molecule has 3 aromatic rings. The van der Waals surface area contributed by atoms with Gasteiger partial charge in [0.2, 0.25) is 10.0 Å². The molecule has 1 saturated carbocycles. The average molecular weight is 386 g/mol. The lowest BCUT2D eigenvalue weighted by Gasteiger charge is -2.14. The first-order valence-electron chi connectivity index (χ1n) is 8.62. The van der Waals surface area contributed by atoms with E-state index in [9.17, 15) is 17.6 Å². The van der Waals surface area contributed by atoms with Crippen molar-refractivity contribution in [2.24, 2.45) is 7.05 Å². The smallest absolute Gasteiger partial charge is 0.258 e. The van der Waals surface area contributed by atoms with Crippen LogP contribution in [0.3, 0.4) is 0 Å². The molecule has 27 heavy (non-hydrogen) atoms. The van der Waals surface area contributed by atoms with Gasteiger partial charge < -0.3 is 4.57 Å². The van der Waals surface area contributed by atoms with E-state index >= 15 is 0 Å². The van der Waals surface area contributed by atoms with Gasteiger partial charge in [0.1, 0.15) is 5.82 Å². The lowest BCUT2D eigenvalue weighted by atomic mass is 10.0. The third kappa shape index (κ3) is 3.28. The van der Waals surface area contributed by atoms with Crippen LogP contribution in [0, 0.1) is 5.82 Å². The SMILES string of the molecule is Cn1cc(-c2ccc(F)cc2)c2ccc(S(=O)(=O)NC3(C)CC3)cc2c1=O. The van der Waals surface area contributed by atoms with Gasteiger partial charge in [-0.1, -0.05) is 18.2 Å². The quantitative estimate of drug-likeness (QED) is 0.749. The van der Waals surface area contributed by atoms with Crippen molar-refractivity contribution >= 4 is 20.8 Å². The summed E-state index contributed by atoms with van der Waals surface area (Å²) in [5.41, 5.74) is 0.800. The molecule has 4 rings (SSSR count). The summed E-state index contributed by atoms with van der Waals surface area (Å²) < 4.78 is 42.7. The maximum Gasteiger partial charge on any atom is 0.258 e. The van der Waals surface area contributed by atoms with Crippen LogP contribution in [0.5, 0.6) is 0 Å². The highest BCUT2D eigenvalue weighted by Gasteiger charge is 2.41. The summed E-state index contributed by atoms with van der Waals surface area (Å²) in [6.07, 6.45) is 3.28. The van der Waals surface area contributed by atoms with E-state index in [1.807, 2.05) is 6.92 Å². The van der Waals surface area contributed by atoms with Crippen LogP contribution in [0.2, 0.25) is 0 Å². The Hall–Kier alpha value is -2.51. The molecule has 1 heterocycles. The van der Waals surface area contributed by atoms with Gasteiger partial charge in [-0.3, -0.25) is 4.79 Å². The Morgan fingerprint density at radius 3 is 2.37 bits per heavy atom. The third-order valence-electron chi connectivity index (χ3n) is 5.00. The molecule has 7 heteroatoms. The van der Waals surface area contributed by atoms with E-state index in [1.54, 1.807) is 31.4 Å². The van der Waals surface area contributed by atoms with Crippen molar-refractivity contribution in [2.45, 2.75) is 30.2 Å². The highest BCUT2D eigenvalue weighted by Crippen LogP contribution is 2.36. The van der Waals surface area contributed by atoms with E-state index in [2.05, 4.69) is 4.72 Å². The number of aryl methyl sites for hydroxylation is 1. The molecule has 1 aliphatic rings. The van der Waals surface area contributed by atoms with Crippen LogP contribution in [0.25, 0.3) is 21.9 Å². The molecule has 0 spiro atoms. The fourth-order valence-electron chi connectivity index (χ4n) is 3.15. The van der Waals surface area contributed by atoms with Crippen molar-refractivity contribution < 1.29 is 12.8 Å². The van der Waals surface area contributed by atoms with Gasteiger partial charge >= 0.3 is 0 Å². The molecule has 1 aromatic heterocycles. The van der Waals surface area contributed by atoms with Gasteiger partial charge in [0.05, 0.1) is 4.90 Å². The first kappa shape index (κ1) is 17.9. The number of halogens is 1. The Morgan fingerprint density at radius 2 is 1.74 bits per heavy atom. The van der Waals surface area contributed by atoms with E-state index in [0.29, 0.717) is 10.8 Å². The summed E-state index contributed by atoms with van der Waals surface area (Å²) >= 11 is 0. The summed E-state index contributed by atoms with van der Waals surface area (Å²) in [4.78, 5) is 12.7. The van der Waals surface area contributed by atoms with E-state index in [4.69, 9.17) is 0 Å². The van der Waals surface area contributed by atoms with Gasteiger partial charge in [0.15, 0.2) is 0 Å². The average Bonchev–Trinajstić information content (AvgIpc) is 3.34. The maximum atomic E-state index is 13.3. The molecule has 2 aromatic carbocycles. The van der Waals surface area contributed by atoms with Crippen molar-refractivity contribution in [3.8, 4) is 11.1 Å². The monoisotopic (exact) mass is 386 g/mol. The van der Waals surface area contributed by atoms with Crippen LogP contribution >= 0.6 is 0 Å². The van der Waals surface area contributed by atoms with Crippen LogP contribution in [0.4, 0.5) is 4.39 Å². The molecule has 140 valence electrons. The van der Waals surface area contributed by atoms with Crippen molar-refractivity contribution in [3.63, 3.8) is 0 Å². The van der Waals surface area contributed by atoms with Crippen LogP contribution in [0.15, 0.2) is 58.4 Å². The topological polar surface area (TPSA) is 68.2 Å². The minimum atomic E-state index is -3.71. The first-order valence-corrected chi connectivity index (χ1v) is 10.1. The zero-order chi connectivity index (χ0) is 19.4. The van der Waals surface area contributed by atoms with Gasteiger partial charge in [0.25, 0.3) is 5.56 Å². The molecule has 0 radical (unpaired) electrons. The van der Waals surface area contributed by atoms with Gasteiger partial charge in [0, 0.05) is 29.7 Å². The second kappa shape index (κ2) is 6.00. The third-order valence-corrected chi connectivity index (χ3v) is 6.64. The highest BCUT2D eigenvalue weighted by molar-refractivity contribution is 7.89. The van der Waals surface area contributed by atoms with Crippen LogP contribution in [0.1, 0.15) is 19.8 Å². The summed E-state index contributed by atoms with van der Waals surface area (Å²) in [6, 6.07) is 10.5. The normalized spacial score (nSPS) is 15.8. The number of rotatable bonds is 4. The minimum Gasteiger partial charge on any atom is -0.317 e. The molecule has 1 N–H and O–H groups in total. The number of hydrogen-bond acceptors (Lipinski definition) is 3. The van der Waals surface area contributed by atoms with Gasteiger partial charge in [-0.15, -0.1) is 0 Å². The molecule has 5 nitrogen and oxygen atoms in total. The number of aromatic nitrogens is 1. The Labute approximate surface area is 156 Å². The number of hydrogen-bond donors (Lipinski definition) is 1. The lowest BCUT2D eigenvalue weighted by molar-refractivity contribution is 0.558.